The number of amides is 2. The topological polar surface area (TPSA) is 75.5 Å². The van der Waals surface area contributed by atoms with Crippen molar-refractivity contribution in [3.05, 3.63) is 30.5 Å². The highest BCUT2D eigenvalue weighted by molar-refractivity contribution is 5.92. The summed E-state index contributed by atoms with van der Waals surface area (Å²) >= 11 is 0. The summed E-state index contributed by atoms with van der Waals surface area (Å²) in [5.41, 5.74) is 1.83. The van der Waals surface area contributed by atoms with E-state index >= 15 is 0 Å². The molecule has 0 aliphatic carbocycles. The van der Waals surface area contributed by atoms with Crippen molar-refractivity contribution in [3.8, 4) is 0 Å². The van der Waals surface area contributed by atoms with Crippen LogP contribution in [0.5, 0.6) is 0 Å². The van der Waals surface area contributed by atoms with Crippen molar-refractivity contribution >= 4 is 22.6 Å². The van der Waals surface area contributed by atoms with Crippen molar-refractivity contribution in [2.24, 2.45) is 5.92 Å². The molecule has 6 heteroatoms. The summed E-state index contributed by atoms with van der Waals surface area (Å²) in [5, 5.41) is 16.4. The fourth-order valence-corrected chi connectivity index (χ4v) is 2.58. The molecule has 2 amide bonds. The Morgan fingerprint density at radius 3 is 2.80 bits per heavy atom. The number of hydrogen-bond donors (Lipinski definition) is 3. The van der Waals surface area contributed by atoms with Gasteiger partial charge in [-0.1, -0.05) is 26.8 Å². The number of nitrogens with zero attached hydrogens (tertiary/aromatic N) is 1. The van der Waals surface area contributed by atoms with E-state index in [1.807, 2.05) is 32.0 Å². The van der Waals surface area contributed by atoms with E-state index in [0.717, 1.165) is 29.6 Å². The van der Waals surface area contributed by atoms with Gasteiger partial charge in [0, 0.05) is 31.6 Å². The number of aromatic nitrogens is 1. The number of aliphatic hydroxyl groups excluding tert-OH is 1. The summed E-state index contributed by atoms with van der Waals surface area (Å²) in [7, 11) is 0. The van der Waals surface area contributed by atoms with Crippen molar-refractivity contribution in [1.82, 2.24) is 9.88 Å². The summed E-state index contributed by atoms with van der Waals surface area (Å²) in [6, 6.07) is 7.57. The van der Waals surface area contributed by atoms with Crippen molar-refractivity contribution in [2.45, 2.75) is 39.8 Å². The largest absolute Gasteiger partial charge is 0.389 e. The monoisotopic (exact) mass is 347 g/mol. The maximum atomic E-state index is 12.0. The van der Waals surface area contributed by atoms with E-state index in [0.29, 0.717) is 12.5 Å². The van der Waals surface area contributed by atoms with Crippen LogP contribution < -0.4 is 10.6 Å². The van der Waals surface area contributed by atoms with E-state index in [1.165, 1.54) is 0 Å². The lowest BCUT2D eigenvalue weighted by Gasteiger charge is -2.14. The number of rotatable bonds is 9. The summed E-state index contributed by atoms with van der Waals surface area (Å²) in [5.74, 6) is 0.421. The van der Waals surface area contributed by atoms with Crippen LogP contribution in [-0.2, 0) is 11.3 Å². The van der Waals surface area contributed by atoms with Crippen molar-refractivity contribution in [3.63, 3.8) is 0 Å². The first-order valence-corrected chi connectivity index (χ1v) is 8.89. The van der Waals surface area contributed by atoms with Crippen LogP contribution in [0.3, 0.4) is 0 Å². The molecule has 0 aliphatic rings. The number of hydrogen-bond acceptors (Lipinski definition) is 3. The predicted octanol–water partition coefficient (Wildman–Crippen LogP) is 3.21. The molecule has 1 aromatic heterocycles. The molecule has 1 aromatic carbocycles. The van der Waals surface area contributed by atoms with Crippen molar-refractivity contribution in [2.75, 3.05) is 25.1 Å². The minimum atomic E-state index is -0.714. The van der Waals surface area contributed by atoms with Crippen molar-refractivity contribution in [1.29, 1.82) is 0 Å². The van der Waals surface area contributed by atoms with Gasteiger partial charge < -0.3 is 25.0 Å². The Kier molecular flexibility index (Phi) is 7.28. The minimum absolute atomic E-state index is 0.151. The number of carbonyl (C=O) groups excluding carboxylic acids is 1. The summed E-state index contributed by atoms with van der Waals surface area (Å²) in [6.07, 6.45) is 2.40. The third-order valence-electron chi connectivity index (χ3n) is 3.76. The van der Waals surface area contributed by atoms with Gasteiger partial charge in [-0.2, -0.15) is 0 Å². The van der Waals surface area contributed by atoms with Crippen molar-refractivity contribution < 1.29 is 14.6 Å². The van der Waals surface area contributed by atoms with Crippen LogP contribution >= 0.6 is 0 Å². The van der Waals surface area contributed by atoms with Crippen LogP contribution in [0.25, 0.3) is 10.9 Å². The first-order valence-electron chi connectivity index (χ1n) is 8.89. The molecule has 1 atom stereocenters. The molecule has 3 N–H and O–H groups in total. The summed E-state index contributed by atoms with van der Waals surface area (Å²) < 4.78 is 7.53. The average Bonchev–Trinajstić information content (AvgIpc) is 2.95. The molecule has 2 aromatic rings. The van der Waals surface area contributed by atoms with Gasteiger partial charge in [0.05, 0.1) is 18.2 Å². The van der Waals surface area contributed by atoms with E-state index < -0.39 is 6.10 Å². The number of aryl methyl sites for hydroxylation is 1. The molecule has 0 saturated carbocycles. The second-order valence-corrected chi connectivity index (χ2v) is 6.70. The van der Waals surface area contributed by atoms with Gasteiger partial charge in [-0.05, 0) is 35.9 Å². The van der Waals surface area contributed by atoms with Crippen LogP contribution in [0, 0.1) is 5.92 Å². The zero-order valence-electron chi connectivity index (χ0n) is 15.3. The van der Waals surface area contributed by atoms with Crippen LogP contribution in [-0.4, -0.2) is 41.6 Å². The first-order chi connectivity index (χ1) is 12.0. The second kappa shape index (κ2) is 9.44. The minimum Gasteiger partial charge on any atom is -0.389 e. The predicted molar refractivity (Wildman–Crippen MR) is 101 cm³/mol. The molecule has 1 heterocycles. The number of nitrogens with one attached hydrogen (secondary N) is 2. The molecule has 0 saturated heterocycles. The van der Waals surface area contributed by atoms with E-state index in [2.05, 4.69) is 34.4 Å². The Bertz CT molecular complexity index is 682. The third kappa shape index (κ3) is 6.07. The van der Waals surface area contributed by atoms with Gasteiger partial charge in [0.2, 0.25) is 0 Å². The maximum absolute atomic E-state index is 12.0. The number of urea groups is 1. The SMILES string of the molecule is CCCn1ccc2ccc(NC(=O)NCC(O)COCC(C)C)cc21. The molecule has 0 radical (unpaired) electrons. The van der Waals surface area contributed by atoms with E-state index in [1.54, 1.807) is 0 Å². The molecule has 0 spiro atoms. The quantitative estimate of drug-likeness (QED) is 0.652. The highest BCUT2D eigenvalue weighted by Gasteiger charge is 2.09. The standard InChI is InChI=1S/C19H29N3O3/c1-4-8-22-9-7-15-5-6-16(10-18(15)22)21-19(24)20-11-17(23)13-25-12-14(2)3/h5-7,9-10,14,17,23H,4,8,11-13H2,1-3H3,(H2,20,21,24). The Labute approximate surface area is 149 Å². The Hall–Kier alpha value is -2.05. The van der Waals surface area contributed by atoms with E-state index in [9.17, 15) is 9.90 Å². The van der Waals surface area contributed by atoms with Crippen LogP contribution in [0.15, 0.2) is 30.5 Å². The van der Waals surface area contributed by atoms with Gasteiger partial charge in [0.15, 0.2) is 0 Å². The number of anilines is 1. The van der Waals surface area contributed by atoms with Gasteiger partial charge in [-0.3, -0.25) is 0 Å². The maximum Gasteiger partial charge on any atom is 0.319 e. The Balaban J connectivity index is 1.83. The molecular formula is C19H29N3O3. The lowest BCUT2D eigenvalue weighted by Crippen LogP contribution is -2.37. The number of ether oxygens (including phenoxy) is 1. The molecular weight excluding hydrogens is 318 g/mol. The van der Waals surface area contributed by atoms with Gasteiger partial charge in [0.1, 0.15) is 0 Å². The zero-order chi connectivity index (χ0) is 18.2. The molecule has 6 nitrogen and oxygen atoms in total. The fraction of sp³-hybridized carbons (Fsp3) is 0.526. The van der Waals surface area contributed by atoms with Gasteiger partial charge in [0.25, 0.3) is 0 Å². The third-order valence-corrected chi connectivity index (χ3v) is 3.76. The number of fused-ring (bicyclic) bond motifs is 1. The summed E-state index contributed by atoms with van der Waals surface area (Å²) in [4.78, 5) is 12.0. The second-order valence-electron chi connectivity index (χ2n) is 6.70. The molecule has 0 fully saturated rings. The molecule has 2 rings (SSSR count). The number of carbonyl (C=O) groups is 1. The van der Waals surface area contributed by atoms with Crippen LogP contribution in [0.1, 0.15) is 27.2 Å². The Morgan fingerprint density at radius 1 is 1.28 bits per heavy atom. The molecule has 1 unspecified atom stereocenters. The normalized spacial score (nSPS) is 12.5. The molecule has 0 bridgehead atoms. The number of aliphatic hydroxyl groups is 1. The van der Waals surface area contributed by atoms with Gasteiger partial charge in [-0.15, -0.1) is 0 Å². The smallest absolute Gasteiger partial charge is 0.319 e. The Morgan fingerprint density at radius 2 is 2.08 bits per heavy atom. The molecule has 138 valence electrons. The highest BCUT2D eigenvalue weighted by Crippen LogP contribution is 2.20. The number of benzene rings is 1. The molecule has 25 heavy (non-hydrogen) atoms. The fourth-order valence-electron chi connectivity index (χ4n) is 2.58. The lowest BCUT2D eigenvalue weighted by atomic mass is 10.2. The zero-order valence-corrected chi connectivity index (χ0v) is 15.3. The highest BCUT2D eigenvalue weighted by atomic mass is 16.5. The van der Waals surface area contributed by atoms with Crippen LogP contribution in [0.2, 0.25) is 0 Å². The molecule has 0 aliphatic heterocycles. The van der Waals surface area contributed by atoms with E-state index in [-0.39, 0.29) is 19.2 Å². The average molecular weight is 347 g/mol. The first kappa shape index (κ1) is 19.3. The summed E-state index contributed by atoms with van der Waals surface area (Å²) in [6.45, 7) is 8.14. The van der Waals surface area contributed by atoms with Crippen LogP contribution in [0.4, 0.5) is 10.5 Å². The van der Waals surface area contributed by atoms with Gasteiger partial charge >= 0.3 is 6.03 Å². The lowest BCUT2D eigenvalue weighted by molar-refractivity contribution is 0.0274. The van der Waals surface area contributed by atoms with Gasteiger partial charge in [-0.25, -0.2) is 4.79 Å². The van der Waals surface area contributed by atoms with E-state index in [4.69, 9.17) is 4.74 Å².